The molecule has 15 nitrogen and oxygen atoms in total. The Bertz CT molecular complexity index is 906. The van der Waals surface area contributed by atoms with Crippen LogP contribution in [0.5, 0.6) is 0 Å². The van der Waals surface area contributed by atoms with Crippen molar-refractivity contribution in [3.8, 4) is 0 Å². The SMILES string of the molecule is O=CCOCCOCCNC(=O)COCCOCCNC(=O)[C@H](CCC(=O)O)NC(=O)CCCCCCCCCCCCCCCCC(=O)O. The Morgan fingerprint density at radius 1 is 0.520 bits per heavy atom. The van der Waals surface area contributed by atoms with E-state index >= 15 is 0 Å². The highest BCUT2D eigenvalue weighted by molar-refractivity contribution is 5.88. The minimum absolute atomic E-state index is 0.0155. The van der Waals surface area contributed by atoms with Crippen LogP contribution in [0.4, 0.5) is 0 Å². The number of carbonyl (C=O) groups excluding carboxylic acids is 4. The van der Waals surface area contributed by atoms with Crippen LogP contribution in [0.25, 0.3) is 0 Å². The lowest BCUT2D eigenvalue weighted by molar-refractivity contribution is -0.138. The van der Waals surface area contributed by atoms with Crippen molar-refractivity contribution in [2.75, 3.05) is 65.9 Å². The fourth-order valence-electron chi connectivity index (χ4n) is 4.91. The molecule has 0 aliphatic carbocycles. The lowest BCUT2D eigenvalue weighted by Gasteiger charge is -2.18. The molecule has 0 aromatic carbocycles. The molecule has 0 unspecified atom stereocenters. The molecule has 0 saturated heterocycles. The van der Waals surface area contributed by atoms with Gasteiger partial charge in [0.2, 0.25) is 17.7 Å². The zero-order chi connectivity index (χ0) is 36.9. The molecule has 0 aliphatic heterocycles. The van der Waals surface area contributed by atoms with Gasteiger partial charge in [-0.15, -0.1) is 0 Å². The number of rotatable bonds is 38. The van der Waals surface area contributed by atoms with Gasteiger partial charge >= 0.3 is 11.9 Å². The van der Waals surface area contributed by atoms with E-state index in [1.54, 1.807) is 0 Å². The number of carboxylic acid groups (broad SMARTS) is 2. The van der Waals surface area contributed by atoms with Crippen LogP contribution in [0.3, 0.4) is 0 Å². The maximum atomic E-state index is 12.6. The number of carboxylic acids is 2. The van der Waals surface area contributed by atoms with Gasteiger partial charge in [-0.25, -0.2) is 0 Å². The van der Waals surface area contributed by atoms with E-state index in [4.69, 9.17) is 29.2 Å². The summed E-state index contributed by atoms with van der Waals surface area (Å²) in [6.45, 7) is 1.82. The van der Waals surface area contributed by atoms with Gasteiger partial charge in [0.25, 0.3) is 0 Å². The molecule has 290 valence electrons. The molecule has 50 heavy (non-hydrogen) atoms. The Kier molecular flexibility index (Phi) is 33.4. The maximum absolute atomic E-state index is 12.6. The number of aliphatic carboxylic acids is 2. The fourth-order valence-corrected chi connectivity index (χ4v) is 4.91. The van der Waals surface area contributed by atoms with E-state index in [0.717, 1.165) is 38.5 Å². The highest BCUT2D eigenvalue weighted by Crippen LogP contribution is 2.14. The monoisotopic (exact) mass is 717 g/mol. The maximum Gasteiger partial charge on any atom is 0.303 e. The van der Waals surface area contributed by atoms with Crippen LogP contribution in [0.15, 0.2) is 0 Å². The average Bonchev–Trinajstić information content (AvgIpc) is 3.08. The lowest BCUT2D eigenvalue weighted by Crippen LogP contribution is -2.47. The summed E-state index contributed by atoms with van der Waals surface area (Å²) in [6.07, 6.45) is 16.1. The quantitative estimate of drug-likeness (QED) is 0.0460. The Labute approximate surface area is 297 Å². The van der Waals surface area contributed by atoms with E-state index < -0.39 is 23.9 Å². The van der Waals surface area contributed by atoms with E-state index in [1.165, 1.54) is 44.9 Å². The van der Waals surface area contributed by atoms with Crippen LogP contribution >= 0.6 is 0 Å². The molecule has 0 aromatic heterocycles. The van der Waals surface area contributed by atoms with Crippen LogP contribution in [0.1, 0.15) is 116 Å². The molecule has 0 radical (unpaired) electrons. The summed E-state index contributed by atoms with van der Waals surface area (Å²) < 4.78 is 20.8. The van der Waals surface area contributed by atoms with E-state index in [9.17, 15) is 28.8 Å². The van der Waals surface area contributed by atoms with Crippen molar-refractivity contribution in [1.82, 2.24) is 16.0 Å². The fraction of sp³-hybridized carbons (Fsp3) is 0.829. The van der Waals surface area contributed by atoms with Crippen LogP contribution in [-0.4, -0.2) is 118 Å². The number of ether oxygens (including phenoxy) is 4. The minimum Gasteiger partial charge on any atom is -0.481 e. The third kappa shape index (κ3) is 34.7. The third-order valence-corrected chi connectivity index (χ3v) is 7.62. The molecule has 0 fully saturated rings. The summed E-state index contributed by atoms with van der Waals surface area (Å²) in [5, 5.41) is 25.7. The Morgan fingerprint density at radius 3 is 1.50 bits per heavy atom. The zero-order valence-corrected chi connectivity index (χ0v) is 29.9. The third-order valence-electron chi connectivity index (χ3n) is 7.62. The average molecular weight is 718 g/mol. The Balaban J connectivity index is 3.86. The van der Waals surface area contributed by atoms with Crippen LogP contribution in [-0.2, 0) is 47.7 Å². The second-order valence-electron chi connectivity index (χ2n) is 12.1. The number of nitrogens with one attached hydrogen (secondary N) is 3. The molecule has 0 saturated carbocycles. The molecule has 0 aromatic rings. The summed E-state index contributed by atoms with van der Waals surface area (Å²) in [5.41, 5.74) is 0. The first-order valence-corrected chi connectivity index (χ1v) is 18.3. The van der Waals surface area contributed by atoms with Gasteiger partial charge in [0, 0.05) is 32.4 Å². The van der Waals surface area contributed by atoms with Crippen molar-refractivity contribution in [3.63, 3.8) is 0 Å². The summed E-state index contributed by atoms with van der Waals surface area (Å²) in [5.74, 6) is -2.81. The number of hydrogen-bond donors (Lipinski definition) is 5. The minimum atomic E-state index is -1.05. The molecule has 15 heteroatoms. The number of aldehydes is 1. The van der Waals surface area contributed by atoms with Crippen molar-refractivity contribution >= 4 is 35.9 Å². The summed E-state index contributed by atoms with van der Waals surface area (Å²) >= 11 is 0. The molecule has 5 N–H and O–H groups in total. The van der Waals surface area contributed by atoms with E-state index in [2.05, 4.69) is 16.0 Å². The highest BCUT2D eigenvalue weighted by Gasteiger charge is 2.21. The summed E-state index contributed by atoms with van der Waals surface area (Å²) in [6, 6.07) is -0.946. The van der Waals surface area contributed by atoms with E-state index in [-0.39, 0.29) is 77.1 Å². The van der Waals surface area contributed by atoms with Gasteiger partial charge in [-0.3, -0.25) is 24.0 Å². The van der Waals surface area contributed by atoms with Gasteiger partial charge in [0.05, 0.1) is 39.6 Å². The predicted molar refractivity (Wildman–Crippen MR) is 186 cm³/mol. The van der Waals surface area contributed by atoms with E-state index in [0.29, 0.717) is 39.1 Å². The molecular weight excluding hydrogens is 654 g/mol. The van der Waals surface area contributed by atoms with Crippen molar-refractivity contribution in [1.29, 1.82) is 0 Å². The second kappa shape index (κ2) is 35.7. The van der Waals surface area contributed by atoms with Gasteiger partial charge in [-0.1, -0.05) is 77.0 Å². The zero-order valence-electron chi connectivity index (χ0n) is 29.9. The van der Waals surface area contributed by atoms with Crippen molar-refractivity contribution < 1.29 is 57.9 Å². The summed E-state index contributed by atoms with van der Waals surface area (Å²) in [7, 11) is 0. The van der Waals surface area contributed by atoms with Crippen molar-refractivity contribution in [2.45, 2.75) is 122 Å². The Morgan fingerprint density at radius 2 is 0.980 bits per heavy atom. The first kappa shape index (κ1) is 46.9. The first-order chi connectivity index (χ1) is 24.3. The Hall–Kier alpha value is -3.14. The predicted octanol–water partition coefficient (Wildman–Crippen LogP) is 3.16. The normalized spacial score (nSPS) is 11.5. The van der Waals surface area contributed by atoms with Gasteiger partial charge in [0.15, 0.2) is 0 Å². The largest absolute Gasteiger partial charge is 0.481 e. The highest BCUT2D eigenvalue weighted by atomic mass is 16.5. The molecule has 0 spiro atoms. The van der Waals surface area contributed by atoms with Gasteiger partial charge in [-0.2, -0.15) is 0 Å². The van der Waals surface area contributed by atoms with Gasteiger partial charge < -0.3 is 49.9 Å². The molecule has 1 atom stereocenters. The van der Waals surface area contributed by atoms with Gasteiger partial charge in [-0.05, 0) is 19.3 Å². The smallest absolute Gasteiger partial charge is 0.303 e. The topological polar surface area (TPSA) is 216 Å². The second-order valence-corrected chi connectivity index (χ2v) is 12.1. The number of unbranched alkanes of at least 4 members (excludes halogenated alkanes) is 13. The number of amides is 3. The molecular formula is C35H63N3O12. The lowest BCUT2D eigenvalue weighted by atomic mass is 10.0. The van der Waals surface area contributed by atoms with Crippen LogP contribution in [0, 0.1) is 0 Å². The number of hydrogen-bond acceptors (Lipinski definition) is 10. The van der Waals surface area contributed by atoms with Crippen LogP contribution in [0.2, 0.25) is 0 Å². The van der Waals surface area contributed by atoms with Gasteiger partial charge in [0.1, 0.15) is 25.5 Å². The molecule has 0 aliphatic rings. The standard InChI is InChI=1S/C35H63N3O12/c39-21-24-49-26-25-47-22-19-36-32(41)29-50-28-27-48-23-20-37-35(46)30(17-18-34(44)45)38-31(40)15-13-11-9-7-5-3-1-2-4-6-8-10-12-14-16-33(42)43/h21,30H,1-20,22-29H2,(H,36,41)(H,37,46)(H,38,40)(H,42,43)(H,44,45)/t30-/m0/s1. The van der Waals surface area contributed by atoms with Crippen molar-refractivity contribution in [2.24, 2.45) is 0 Å². The molecule has 0 bridgehead atoms. The first-order valence-electron chi connectivity index (χ1n) is 18.3. The molecule has 0 rings (SSSR count). The molecule has 3 amide bonds. The number of carbonyl (C=O) groups is 6. The van der Waals surface area contributed by atoms with Crippen LogP contribution < -0.4 is 16.0 Å². The van der Waals surface area contributed by atoms with E-state index in [1.807, 2.05) is 0 Å². The summed E-state index contributed by atoms with van der Waals surface area (Å²) in [4.78, 5) is 68.5. The molecule has 0 heterocycles. The van der Waals surface area contributed by atoms with Crippen molar-refractivity contribution in [3.05, 3.63) is 0 Å².